The summed E-state index contributed by atoms with van der Waals surface area (Å²) < 4.78 is 15.7. The third kappa shape index (κ3) is 6.53. The minimum Gasteiger partial charge on any atom is -0.389 e. The van der Waals surface area contributed by atoms with Crippen molar-refractivity contribution >= 4 is 11.5 Å². The highest BCUT2D eigenvalue weighted by Crippen LogP contribution is 2.11. The van der Waals surface area contributed by atoms with Crippen LogP contribution in [0.1, 0.15) is 17.3 Å². The highest BCUT2D eigenvalue weighted by atomic mass is 16.6. The third-order valence-corrected chi connectivity index (χ3v) is 3.20. The summed E-state index contributed by atoms with van der Waals surface area (Å²) in [5, 5.41) is 12.9. The molecular formula is C16H23NO5. The van der Waals surface area contributed by atoms with Crippen molar-refractivity contribution in [1.82, 2.24) is 0 Å². The van der Waals surface area contributed by atoms with Gasteiger partial charge in [-0.1, -0.05) is 12.1 Å². The molecule has 2 atom stereocenters. The highest BCUT2D eigenvalue weighted by Gasteiger charge is 2.21. The van der Waals surface area contributed by atoms with Gasteiger partial charge < -0.3 is 24.6 Å². The number of nitrogens with one attached hydrogen (secondary N) is 1. The Labute approximate surface area is 130 Å². The SMILES string of the molecule is CC(=O)c1cccc(NCC(O)COCCOCC2CO2)c1. The van der Waals surface area contributed by atoms with Gasteiger partial charge in [-0.15, -0.1) is 0 Å². The van der Waals surface area contributed by atoms with Crippen molar-refractivity contribution in [2.24, 2.45) is 0 Å². The fourth-order valence-corrected chi connectivity index (χ4v) is 1.86. The lowest BCUT2D eigenvalue weighted by atomic mass is 10.1. The van der Waals surface area contributed by atoms with Crippen LogP contribution in [0.25, 0.3) is 0 Å². The molecule has 1 fully saturated rings. The van der Waals surface area contributed by atoms with E-state index < -0.39 is 6.10 Å². The van der Waals surface area contributed by atoms with E-state index >= 15 is 0 Å². The number of carbonyl (C=O) groups excluding carboxylic acids is 1. The summed E-state index contributed by atoms with van der Waals surface area (Å²) in [6, 6.07) is 7.19. The number of ether oxygens (including phenoxy) is 3. The molecule has 6 nitrogen and oxygen atoms in total. The lowest BCUT2D eigenvalue weighted by Crippen LogP contribution is -2.25. The molecule has 2 unspecified atom stereocenters. The molecular weight excluding hydrogens is 286 g/mol. The van der Waals surface area contributed by atoms with E-state index in [0.29, 0.717) is 31.9 Å². The molecule has 1 saturated heterocycles. The molecule has 2 N–H and O–H groups in total. The van der Waals surface area contributed by atoms with Crippen molar-refractivity contribution in [1.29, 1.82) is 0 Å². The fourth-order valence-electron chi connectivity index (χ4n) is 1.86. The zero-order chi connectivity index (χ0) is 15.8. The summed E-state index contributed by atoms with van der Waals surface area (Å²) in [6.45, 7) is 4.47. The van der Waals surface area contributed by atoms with Gasteiger partial charge in [0.2, 0.25) is 0 Å². The molecule has 1 heterocycles. The number of Topliss-reactive ketones (excluding diaryl/α,β-unsaturated/α-hetero) is 1. The van der Waals surface area contributed by atoms with Crippen LogP contribution < -0.4 is 5.32 Å². The van der Waals surface area contributed by atoms with Gasteiger partial charge in [0.25, 0.3) is 0 Å². The lowest BCUT2D eigenvalue weighted by molar-refractivity contribution is 0.00537. The molecule has 0 aromatic heterocycles. The molecule has 22 heavy (non-hydrogen) atoms. The van der Waals surface area contributed by atoms with E-state index in [0.717, 1.165) is 12.3 Å². The van der Waals surface area contributed by atoms with Gasteiger partial charge in [-0.2, -0.15) is 0 Å². The van der Waals surface area contributed by atoms with Crippen LogP contribution in [-0.2, 0) is 14.2 Å². The van der Waals surface area contributed by atoms with Gasteiger partial charge in [0.05, 0.1) is 39.1 Å². The molecule has 1 aliphatic heterocycles. The fraction of sp³-hybridized carbons (Fsp3) is 0.562. The first-order chi connectivity index (χ1) is 10.6. The van der Waals surface area contributed by atoms with Crippen molar-refractivity contribution in [2.45, 2.75) is 19.1 Å². The van der Waals surface area contributed by atoms with Crippen molar-refractivity contribution in [3.05, 3.63) is 29.8 Å². The van der Waals surface area contributed by atoms with Gasteiger partial charge in [0.15, 0.2) is 5.78 Å². The Balaban J connectivity index is 1.55. The van der Waals surface area contributed by atoms with Crippen LogP contribution in [0.2, 0.25) is 0 Å². The summed E-state index contributed by atoms with van der Waals surface area (Å²) >= 11 is 0. The average Bonchev–Trinajstić information content (AvgIpc) is 3.33. The van der Waals surface area contributed by atoms with Crippen molar-refractivity contribution in [3.8, 4) is 0 Å². The Morgan fingerprint density at radius 2 is 2.23 bits per heavy atom. The number of anilines is 1. The van der Waals surface area contributed by atoms with Crippen LogP contribution in [-0.4, -0.2) is 62.7 Å². The first kappa shape index (κ1) is 16.9. The summed E-state index contributed by atoms with van der Waals surface area (Å²) in [4.78, 5) is 11.3. The predicted octanol–water partition coefficient (Wildman–Crippen LogP) is 1.09. The summed E-state index contributed by atoms with van der Waals surface area (Å²) in [6.07, 6.45) is -0.353. The normalized spacial score (nSPS) is 18.0. The summed E-state index contributed by atoms with van der Waals surface area (Å²) in [5.74, 6) is 0.0177. The second kappa shape index (κ2) is 8.85. The number of hydrogen-bond donors (Lipinski definition) is 2. The number of aliphatic hydroxyl groups is 1. The van der Waals surface area contributed by atoms with E-state index in [1.807, 2.05) is 12.1 Å². The van der Waals surface area contributed by atoms with Crippen LogP contribution in [0.15, 0.2) is 24.3 Å². The number of carbonyl (C=O) groups is 1. The van der Waals surface area contributed by atoms with Gasteiger partial charge in [-0.3, -0.25) is 4.79 Å². The summed E-state index contributed by atoms with van der Waals surface area (Å²) in [7, 11) is 0. The Morgan fingerprint density at radius 1 is 1.45 bits per heavy atom. The number of aliphatic hydroxyl groups excluding tert-OH is 1. The van der Waals surface area contributed by atoms with Gasteiger partial charge in [0.1, 0.15) is 6.10 Å². The maximum absolute atomic E-state index is 11.3. The molecule has 0 saturated carbocycles. The first-order valence-electron chi connectivity index (χ1n) is 7.45. The smallest absolute Gasteiger partial charge is 0.159 e. The molecule has 0 bridgehead atoms. The lowest BCUT2D eigenvalue weighted by Gasteiger charge is -2.13. The van der Waals surface area contributed by atoms with Crippen LogP contribution in [0.5, 0.6) is 0 Å². The van der Waals surface area contributed by atoms with E-state index in [1.54, 1.807) is 12.1 Å². The number of hydrogen-bond acceptors (Lipinski definition) is 6. The topological polar surface area (TPSA) is 80.3 Å². The molecule has 2 rings (SSSR count). The second-order valence-corrected chi connectivity index (χ2v) is 5.28. The molecule has 1 aromatic rings. The predicted molar refractivity (Wildman–Crippen MR) is 82.3 cm³/mol. The molecule has 6 heteroatoms. The number of ketones is 1. The molecule has 0 spiro atoms. The Morgan fingerprint density at radius 3 is 2.95 bits per heavy atom. The minimum atomic E-state index is -0.618. The zero-order valence-electron chi connectivity index (χ0n) is 12.8. The highest BCUT2D eigenvalue weighted by molar-refractivity contribution is 5.94. The van der Waals surface area contributed by atoms with E-state index in [-0.39, 0.29) is 18.5 Å². The molecule has 1 aliphatic rings. The van der Waals surface area contributed by atoms with Crippen molar-refractivity contribution in [3.63, 3.8) is 0 Å². The van der Waals surface area contributed by atoms with E-state index in [4.69, 9.17) is 14.2 Å². The van der Waals surface area contributed by atoms with Gasteiger partial charge in [0, 0.05) is 17.8 Å². The van der Waals surface area contributed by atoms with Crippen LogP contribution >= 0.6 is 0 Å². The maximum atomic E-state index is 11.3. The van der Waals surface area contributed by atoms with E-state index in [2.05, 4.69) is 5.32 Å². The van der Waals surface area contributed by atoms with Gasteiger partial charge in [-0.05, 0) is 19.1 Å². The quantitative estimate of drug-likeness (QED) is 0.362. The van der Waals surface area contributed by atoms with E-state index in [1.165, 1.54) is 6.92 Å². The number of benzene rings is 1. The van der Waals surface area contributed by atoms with E-state index in [9.17, 15) is 9.90 Å². The first-order valence-corrected chi connectivity index (χ1v) is 7.45. The standard InChI is InChI=1S/C16H23NO5/c1-12(18)13-3-2-4-14(7-13)17-8-15(19)9-20-5-6-21-10-16-11-22-16/h2-4,7,15-17,19H,5-6,8-11H2,1H3. The molecule has 0 amide bonds. The zero-order valence-corrected chi connectivity index (χ0v) is 12.8. The monoisotopic (exact) mass is 309 g/mol. The average molecular weight is 309 g/mol. The molecule has 0 aliphatic carbocycles. The Bertz CT molecular complexity index is 475. The van der Waals surface area contributed by atoms with Crippen LogP contribution in [0.3, 0.4) is 0 Å². The Kier molecular flexibility index (Phi) is 6.79. The molecule has 122 valence electrons. The van der Waals surface area contributed by atoms with Crippen molar-refractivity contribution in [2.75, 3.05) is 44.9 Å². The van der Waals surface area contributed by atoms with Crippen molar-refractivity contribution < 1.29 is 24.1 Å². The Hall–Kier alpha value is -1.47. The molecule has 1 aromatic carbocycles. The largest absolute Gasteiger partial charge is 0.389 e. The second-order valence-electron chi connectivity index (χ2n) is 5.28. The number of rotatable bonds is 11. The van der Waals surface area contributed by atoms with Crippen LogP contribution in [0, 0.1) is 0 Å². The van der Waals surface area contributed by atoms with Crippen LogP contribution in [0.4, 0.5) is 5.69 Å². The minimum absolute atomic E-state index is 0.0177. The summed E-state index contributed by atoms with van der Waals surface area (Å²) in [5.41, 5.74) is 1.45. The van der Waals surface area contributed by atoms with Gasteiger partial charge >= 0.3 is 0 Å². The maximum Gasteiger partial charge on any atom is 0.159 e. The number of epoxide rings is 1. The molecule has 0 radical (unpaired) electrons. The van der Waals surface area contributed by atoms with Gasteiger partial charge in [-0.25, -0.2) is 0 Å². The third-order valence-electron chi connectivity index (χ3n) is 3.20.